The van der Waals surface area contributed by atoms with Gasteiger partial charge in [-0.05, 0) is 60.0 Å². The number of hydrogen-bond donors (Lipinski definition) is 2. The SMILES string of the molecule is CCCCOc1ccc(C(=O)Nc2sc(C)c(C)c2C(N)=O)cc1Br. The number of unbranched alkanes of at least 4 members (excludes halogenated alkanes) is 1. The van der Waals surface area contributed by atoms with Gasteiger partial charge in [0.25, 0.3) is 11.8 Å². The summed E-state index contributed by atoms with van der Waals surface area (Å²) in [4.78, 5) is 25.1. The van der Waals surface area contributed by atoms with Crippen LogP contribution in [-0.2, 0) is 0 Å². The van der Waals surface area contributed by atoms with Crippen LogP contribution in [0.2, 0.25) is 0 Å². The van der Waals surface area contributed by atoms with Crippen molar-refractivity contribution in [3.63, 3.8) is 0 Å². The molecule has 3 N–H and O–H groups in total. The van der Waals surface area contributed by atoms with Crippen LogP contribution in [0.4, 0.5) is 5.00 Å². The van der Waals surface area contributed by atoms with Crippen molar-refractivity contribution in [3.05, 3.63) is 44.2 Å². The second-order valence-corrected chi connectivity index (χ2v) is 7.73. The summed E-state index contributed by atoms with van der Waals surface area (Å²) in [6.07, 6.45) is 2.03. The third-order valence-corrected chi connectivity index (χ3v) is 5.55. The lowest BCUT2D eigenvalue weighted by atomic mass is 10.1. The first-order valence-corrected chi connectivity index (χ1v) is 9.59. The molecular weight excluding hydrogens is 404 g/mol. The monoisotopic (exact) mass is 424 g/mol. The lowest BCUT2D eigenvalue weighted by Gasteiger charge is -2.10. The number of nitrogens with two attached hydrogens (primary N) is 1. The van der Waals surface area contributed by atoms with Crippen LogP contribution in [0.15, 0.2) is 22.7 Å². The molecule has 1 heterocycles. The summed E-state index contributed by atoms with van der Waals surface area (Å²) in [6.45, 7) is 6.44. The number of hydrogen-bond acceptors (Lipinski definition) is 4. The minimum Gasteiger partial charge on any atom is -0.492 e. The number of halogens is 1. The van der Waals surface area contributed by atoms with E-state index >= 15 is 0 Å². The van der Waals surface area contributed by atoms with Gasteiger partial charge in [-0.1, -0.05) is 13.3 Å². The van der Waals surface area contributed by atoms with Gasteiger partial charge < -0.3 is 15.8 Å². The van der Waals surface area contributed by atoms with Gasteiger partial charge in [-0.25, -0.2) is 0 Å². The molecule has 0 atom stereocenters. The maximum Gasteiger partial charge on any atom is 0.256 e. The van der Waals surface area contributed by atoms with Gasteiger partial charge in [-0.2, -0.15) is 0 Å². The van der Waals surface area contributed by atoms with Crippen molar-refractivity contribution in [2.75, 3.05) is 11.9 Å². The van der Waals surface area contributed by atoms with E-state index in [1.807, 2.05) is 13.8 Å². The predicted molar refractivity (Wildman–Crippen MR) is 105 cm³/mol. The molecule has 0 bridgehead atoms. The maximum absolute atomic E-state index is 12.5. The fourth-order valence-corrected chi connectivity index (χ4v) is 3.83. The summed E-state index contributed by atoms with van der Waals surface area (Å²) < 4.78 is 6.38. The molecule has 0 radical (unpaired) electrons. The Morgan fingerprint density at radius 1 is 1.32 bits per heavy atom. The van der Waals surface area contributed by atoms with Gasteiger partial charge in [0.2, 0.25) is 0 Å². The van der Waals surface area contributed by atoms with E-state index in [0.717, 1.165) is 23.3 Å². The van der Waals surface area contributed by atoms with Gasteiger partial charge in [0.15, 0.2) is 0 Å². The number of carbonyl (C=O) groups excluding carboxylic acids is 2. The normalized spacial score (nSPS) is 10.6. The predicted octanol–water partition coefficient (Wildman–Crippen LogP) is 4.66. The number of benzene rings is 1. The fraction of sp³-hybridized carbons (Fsp3) is 0.333. The van der Waals surface area contributed by atoms with Crippen LogP contribution in [0.1, 0.15) is 50.9 Å². The molecule has 0 aliphatic carbocycles. The van der Waals surface area contributed by atoms with E-state index in [-0.39, 0.29) is 5.91 Å². The largest absolute Gasteiger partial charge is 0.492 e. The molecule has 0 spiro atoms. The Balaban J connectivity index is 2.18. The topological polar surface area (TPSA) is 81.4 Å². The first kappa shape index (κ1) is 19.5. The highest BCUT2D eigenvalue weighted by Crippen LogP contribution is 2.33. The molecule has 5 nitrogen and oxygen atoms in total. The van der Waals surface area contributed by atoms with E-state index in [0.29, 0.717) is 33.0 Å². The van der Waals surface area contributed by atoms with Crippen LogP contribution in [0.3, 0.4) is 0 Å². The highest BCUT2D eigenvalue weighted by Gasteiger charge is 2.20. The molecule has 1 aromatic carbocycles. The van der Waals surface area contributed by atoms with Crippen molar-refractivity contribution in [2.24, 2.45) is 5.73 Å². The highest BCUT2D eigenvalue weighted by atomic mass is 79.9. The van der Waals surface area contributed by atoms with E-state index in [2.05, 4.69) is 28.2 Å². The second-order valence-electron chi connectivity index (χ2n) is 5.65. The Hall–Kier alpha value is -1.86. The molecule has 0 fully saturated rings. The minimum atomic E-state index is -0.544. The van der Waals surface area contributed by atoms with Crippen molar-refractivity contribution in [1.29, 1.82) is 0 Å². The third kappa shape index (κ3) is 4.61. The highest BCUT2D eigenvalue weighted by molar-refractivity contribution is 9.10. The Bertz CT molecular complexity index is 802. The van der Waals surface area contributed by atoms with Crippen LogP contribution < -0.4 is 15.8 Å². The number of anilines is 1. The van der Waals surface area contributed by atoms with Crippen molar-refractivity contribution in [1.82, 2.24) is 0 Å². The number of ether oxygens (including phenoxy) is 1. The van der Waals surface area contributed by atoms with Gasteiger partial charge in [-0.3, -0.25) is 9.59 Å². The molecule has 0 aliphatic heterocycles. The van der Waals surface area contributed by atoms with Crippen molar-refractivity contribution in [3.8, 4) is 5.75 Å². The zero-order valence-corrected chi connectivity index (χ0v) is 16.8. The molecule has 2 aromatic rings. The van der Waals surface area contributed by atoms with E-state index in [4.69, 9.17) is 10.5 Å². The number of nitrogens with one attached hydrogen (secondary N) is 1. The Morgan fingerprint density at radius 2 is 2.04 bits per heavy atom. The first-order valence-electron chi connectivity index (χ1n) is 7.98. The average Bonchev–Trinajstić information content (AvgIpc) is 2.83. The van der Waals surface area contributed by atoms with Crippen LogP contribution in [0, 0.1) is 13.8 Å². The Kier molecular flexibility index (Phi) is 6.61. The number of carbonyl (C=O) groups is 2. The molecule has 0 unspecified atom stereocenters. The minimum absolute atomic E-state index is 0.301. The summed E-state index contributed by atoms with van der Waals surface area (Å²) in [5, 5.41) is 3.26. The van der Waals surface area contributed by atoms with E-state index < -0.39 is 5.91 Å². The van der Waals surface area contributed by atoms with Crippen LogP contribution in [0.5, 0.6) is 5.75 Å². The molecular formula is C18H21BrN2O3S. The molecule has 0 aliphatic rings. The molecule has 2 amide bonds. The van der Waals surface area contributed by atoms with Crippen LogP contribution >= 0.6 is 27.3 Å². The number of thiophene rings is 1. The zero-order valence-electron chi connectivity index (χ0n) is 14.4. The van der Waals surface area contributed by atoms with Gasteiger partial charge in [0.05, 0.1) is 16.6 Å². The molecule has 0 saturated heterocycles. The zero-order chi connectivity index (χ0) is 18.6. The van der Waals surface area contributed by atoms with Gasteiger partial charge in [-0.15, -0.1) is 11.3 Å². The molecule has 1 aromatic heterocycles. The van der Waals surface area contributed by atoms with Crippen molar-refractivity contribution in [2.45, 2.75) is 33.6 Å². The van der Waals surface area contributed by atoms with E-state index in [1.165, 1.54) is 11.3 Å². The molecule has 7 heteroatoms. The summed E-state index contributed by atoms with van der Waals surface area (Å²) >= 11 is 4.77. The fourth-order valence-electron chi connectivity index (χ4n) is 2.27. The second kappa shape index (κ2) is 8.49. The summed E-state index contributed by atoms with van der Waals surface area (Å²) in [5.74, 6) is -0.145. The summed E-state index contributed by atoms with van der Waals surface area (Å²) in [7, 11) is 0. The standard InChI is InChI=1S/C18H21BrN2O3S/c1-4-5-8-24-14-7-6-12(9-13(14)19)17(23)21-18-15(16(20)22)10(2)11(3)25-18/h6-7,9H,4-5,8H2,1-3H3,(H2,20,22)(H,21,23). The van der Waals surface area contributed by atoms with Crippen LogP contribution in [-0.4, -0.2) is 18.4 Å². The Labute approximate surface area is 159 Å². The van der Waals surface area contributed by atoms with Gasteiger partial charge in [0, 0.05) is 10.4 Å². The smallest absolute Gasteiger partial charge is 0.256 e. The molecule has 25 heavy (non-hydrogen) atoms. The van der Waals surface area contributed by atoms with Crippen LogP contribution in [0.25, 0.3) is 0 Å². The maximum atomic E-state index is 12.5. The summed E-state index contributed by atoms with van der Waals surface area (Å²) in [5.41, 5.74) is 7.07. The summed E-state index contributed by atoms with van der Waals surface area (Å²) in [6, 6.07) is 5.15. The quantitative estimate of drug-likeness (QED) is 0.634. The first-order chi connectivity index (χ1) is 11.8. The third-order valence-electron chi connectivity index (χ3n) is 3.81. The van der Waals surface area contributed by atoms with Gasteiger partial charge >= 0.3 is 0 Å². The molecule has 134 valence electrons. The van der Waals surface area contributed by atoms with Gasteiger partial charge in [0.1, 0.15) is 10.8 Å². The Morgan fingerprint density at radius 3 is 2.64 bits per heavy atom. The lowest BCUT2D eigenvalue weighted by molar-refractivity contribution is 0.100. The number of rotatable bonds is 7. The molecule has 0 saturated carbocycles. The van der Waals surface area contributed by atoms with Crippen molar-refractivity contribution < 1.29 is 14.3 Å². The average molecular weight is 425 g/mol. The number of amides is 2. The lowest BCUT2D eigenvalue weighted by Crippen LogP contribution is -2.17. The number of aryl methyl sites for hydroxylation is 1. The number of primary amides is 1. The molecule has 2 rings (SSSR count). The van der Waals surface area contributed by atoms with E-state index in [1.54, 1.807) is 18.2 Å². The van der Waals surface area contributed by atoms with E-state index in [9.17, 15) is 9.59 Å². The van der Waals surface area contributed by atoms with Crippen molar-refractivity contribution >= 4 is 44.1 Å².